The van der Waals surface area contributed by atoms with Crippen LogP contribution in [0.3, 0.4) is 0 Å². The molecule has 1 radical (unpaired) electrons. The molecule has 0 bridgehead atoms. The lowest BCUT2D eigenvalue weighted by molar-refractivity contribution is 0.178. The Bertz CT molecular complexity index is 47.6. The van der Waals surface area contributed by atoms with Crippen molar-refractivity contribution in [1.29, 1.82) is 0 Å². The minimum atomic E-state index is 0.711. The Hall–Kier alpha value is -0.183. The fourth-order valence-corrected chi connectivity index (χ4v) is 0.685. The molecular formula is C2H4NOSi. The SMILES string of the molecule is C1C[Si]=NO1. The van der Waals surface area contributed by atoms with Gasteiger partial charge in [-0.25, -0.2) is 0 Å². The van der Waals surface area contributed by atoms with Crippen molar-refractivity contribution < 1.29 is 4.84 Å². The molecule has 1 heterocycles. The van der Waals surface area contributed by atoms with E-state index in [9.17, 15) is 0 Å². The van der Waals surface area contributed by atoms with Crippen LogP contribution >= 0.6 is 0 Å². The molecule has 27 valence electrons. The van der Waals surface area contributed by atoms with Crippen molar-refractivity contribution in [2.75, 3.05) is 6.61 Å². The summed E-state index contributed by atoms with van der Waals surface area (Å²) in [6, 6.07) is 1.14. The fourth-order valence-electron chi connectivity index (χ4n) is 0.228. The van der Waals surface area contributed by atoms with Crippen molar-refractivity contribution >= 4 is 9.31 Å². The van der Waals surface area contributed by atoms with E-state index in [2.05, 4.69) is 9.64 Å². The van der Waals surface area contributed by atoms with Crippen LogP contribution in [0.2, 0.25) is 6.04 Å². The molecule has 0 aromatic carbocycles. The van der Waals surface area contributed by atoms with E-state index in [1.54, 1.807) is 0 Å². The van der Waals surface area contributed by atoms with E-state index in [0.717, 1.165) is 12.7 Å². The maximum Gasteiger partial charge on any atom is 0.215 e. The summed E-state index contributed by atoms with van der Waals surface area (Å²) >= 11 is 0. The highest BCUT2D eigenvalue weighted by molar-refractivity contribution is 6.21. The molecule has 1 aliphatic rings. The second-order valence-corrected chi connectivity index (χ2v) is 1.83. The van der Waals surface area contributed by atoms with Crippen LogP contribution in [0, 0.1) is 0 Å². The third-order valence-corrected chi connectivity index (χ3v) is 1.12. The van der Waals surface area contributed by atoms with Crippen molar-refractivity contribution in [3.05, 3.63) is 0 Å². The first-order chi connectivity index (χ1) is 2.50. The fraction of sp³-hybridized carbons (Fsp3) is 1.00. The highest BCUT2D eigenvalue weighted by Crippen LogP contribution is 1.86. The summed E-state index contributed by atoms with van der Waals surface area (Å²) in [6.45, 7) is 0.846. The van der Waals surface area contributed by atoms with Crippen LogP contribution in [0.5, 0.6) is 0 Å². The van der Waals surface area contributed by atoms with Crippen LogP contribution in [-0.2, 0) is 4.84 Å². The zero-order valence-corrected chi connectivity index (χ0v) is 3.77. The standard InChI is InChI=1S/C2H4NOSi/c1-2-5-3-4-1/h1-2H2. The normalized spacial score (nSPS) is 19.2. The molecule has 1 rings (SSSR count). The predicted octanol–water partition coefficient (Wildman–Crippen LogP) is 0.238. The summed E-state index contributed by atoms with van der Waals surface area (Å²) in [4.78, 5) is 8.19. The van der Waals surface area contributed by atoms with Gasteiger partial charge in [0.2, 0.25) is 9.31 Å². The molecular weight excluding hydrogens is 82.1 g/mol. The van der Waals surface area contributed by atoms with E-state index in [4.69, 9.17) is 0 Å². The van der Waals surface area contributed by atoms with E-state index in [-0.39, 0.29) is 0 Å². The predicted molar refractivity (Wildman–Crippen MR) is 18.9 cm³/mol. The van der Waals surface area contributed by atoms with Gasteiger partial charge in [-0.2, -0.15) is 4.80 Å². The van der Waals surface area contributed by atoms with Gasteiger partial charge in [0.1, 0.15) is 6.61 Å². The monoisotopic (exact) mass is 86.0 g/mol. The van der Waals surface area contributed by atoms with Gasteiger partial charge in [0.05, 0.1) is 0 Å². The molecule has 0 spiro atoms. The summed E-state index contributed by atoms with van der Waals surface area (Å²) in [6.07, 6.45) is 0. The molecule has 0 amide bonds. The minimum absolute atomic E-state index is 0.711. The van der Waals surface area contributed by atoms with Crippen LogP contribution < -0.4 is 0 Å². The lowest BCUT2D eigenvalue weighted by Gasteiger charge is -1.77. The number of hydrogen-bond donors (Lipinski definition) is 0. The van der Waals surface area contributed by atoms with Crippen LogP contribution in [-0.4, -0.2) is 15.9 Å². The van der Waals surface area contributed by atoms with Crippen molar-refractivity contribution in [3.63, 3.8) is 0 Å². The van der Waals surface area contributed by atoms with Gasteiger partial charge in [-0.05, 0) is 0 Å². The van der Waals surface area contributed by atoms with E-state index >= 15 is 0 Å². The Labute approximate surface area is 32.7 Å². The van der Waals surface area contributed by atoms with Crippen LogP contribution in [0.4, 0.5) is 0 Å². The number of hydrogen-bond acceptors (Lipinski definition) is 2. The van der Waals surface area contributed by atoms with Gasteiger partial charge in [-0.1, -0.05) is 0 Å². The van der Waals surface area contributed by atoms with Gasteiger partial charge in [0.15, 0.2) is 0 Å². The van der Waals surface area contributed by atoms with Crippen LogP contribution in [0.25, 0.3) is 0 Å². The molecule has 0 aromatic heterocycles. The van der Waals surface area contributed by atoms with E-state index in [1.165, 1.54) is 0 Å². The first kappa shape index (κ1) is 3.02. The zero-order chi connectivity index (χ0) is 3.54. The first-order valence-electron chi connectivity index (χ1n) is 1.55. The molecule has 3 heteroatoms. The van der Waals surface area contributed by atoms with Gasteiger partial charge in [-0.3, -0.25) is 0 Å². The summed E-state index contributed by atoms with van der Waals surface area (Å²) < 4.78 is 0. The molecule has 2 nitrogen and oxygen atoms in total. The Balaban J connectivity index is 2.32. The zero-order valence-electron chi connectivity index (χ0n) is 2.77. The maximum absolute atomic E-state index is 4.58. The van der Waals surface area contributed by atoms with E-state index in [1.807, 2.05) is 0 Å². The molecule has 1 aliphatic heterocycles. The van der Waals surface area contributed by atoms with Gasteiger partial charge in [0.25, 0.3) is 0 Å². The lowest BCUT2D eigenvalue weighted by atomic mass is 10.9. The maximum atomic E-state index is 4.58. The quantitative estimate of drug-likeness (QED) is 0.387. The Morgan fingerprint density at radius 3 is 3.00 bits per heavy atom. The Kier molecular flexibility index (Phi) is 0.790. The highest BCUT2D eigenvalue weighted by atomic mass is 28.2. The smallest absolute Gasteiger partial charge is 0.215 e. The summed E-state index contributed by atoms with van der Waals surface area (Å²) in [5.41, 5.74) is 0. The summed E-state index contributed by atoms with van der Waals surface area (Å²) in [5.74, 6) is 0. The first-order valence-corrected chi connectivity index (χ1v) is 2.70. The van der Waals surface area contributed by atoms with E-state index < -0.39 is 0 Å². The Morgan fingerprint density at radius 2 is 2.80 bits per heavy atom. The molecule has 0 saturated heterocycles. The average Bonchev–Trinajstić information content (AvgIpc) is 1.76. The second kappa shape index (κ2) is 1.31. The van der Waals surface area contributed by atoms with Crippen LogP contribution in [0.1, 0.15) is 0 Å². The second-order valence-electron chi connectivity index (χ2n) is 0.833. The van der Waals surface area contributed by atoms with E-state index in [0.29, 0.717) is 9.31 Å². The van der Waals surface area contributed by atoms with Crippen LogP contribution in [0.15, 0.2) is 4.80 Å². The average molecular weight is 86.1 g/mol. The molecule has 0 aliphatic carbocycles. The summed E-state index contributed by atoms with van der Waals surface area (Å²) in [7, 11) is 0.711. The third kappa shape index (κ3) is 0.543. The number of nitrogens with zero attached hydrogens (tertiary/aromatic N) is 1. The molecule has 0 saturated carbocycles. The topological polar surface area (TPSA) is 21.6 Å². The largest absolute Gasteiger partial charge is 0.406 e. The van der Waals surface area contributed by atoms with Crippen molar-refractivity contribution in [3.8, 4) is 0 Å². The number of rotatable bonds is 0. The molecule has 0 aromatic rings. The van der Waals surface area contributed by atoms with Crippen molar-refractivity contribution in [2.24, 2.45) is 4.80 Å². The molecule has 0 atom stereocenters. The Morgan fingerprint density at radius 1 is 1.80 bits per heavy atom. The molecule has 0 unspecified atom stereocenters. The lowest BCUT2D eigenvalue weighted by Crippen LogP contribution is -1.71. The third-order valence-electron chi connectivity index (χ3n) is 0.434. The van der Waals surface area contributed by atoms with Crippen molar-refractivity contribution in [2.45, 2.75) is 6.04 Å². The minimum Gasteiger partial charge on any atom is -0.406 e. The van der Waals surface area contributed by atoms with Gasteiger partial charge in [0, 0.05) is 6.04 Å². The van der Waals surface area contributed by atoms with Gasteiger partial charge in [-0.15, -0.1) is 0 Å². The molecule has 5 heavy (non-hydrogen) atoms. The summed E-state index contributed by atoms with van der Waals surface area (Å²) in [5, 5.41) is 0. The van der Waals surface area contributed by atoms with Gasteiger partial charge < -0.3 is 4.84 Å². The molecule has 0 N–H and O–H groups in total. The molecule has 0 fully saturated rings. The highest BCUT2D eigenvalue weighted by Gasteiger charge is 1.88. The van der Waals surface area contributed by atoms with Gasteiger partial charge >= 0.3 is 0 Å². The van der Waals surface area contributed by atoms with Crippen molar-refractivity contribution in [1.82, 2.24) is 0 Å².